The molecular formula is C17H27N. The molecule has 1 saturated carbocycles. The van der Waals surface area contributed by atoms with Crippen molar-refractivity contribution in [1.82, 2.24) is 5.32 Å². The number of rotatable bonds is 4. The maximum Gasteiger partial charge on any atom is 0.00966 e. The molecule has 2 unspecified atom stereocenters. The molecule has 18 heavy (non-hydrogen) atoms. The second-order valence-electron chi connectivity index (χ2n) is 6.67. The summed E-state index contributed by atoms with van der Waals surface area (Å²) in [5.74, 6) is 1.61. The summed E-state index contributed by atoms with van der Waals surface area (Å²) in [5.41, 5.74) is 3.27. The van der Waals surface area contributed by atoms with Crippen LogP contribution in [0.4, 0.5) is 0 Å². The summed E-state index contributed by atoms with van der Waals surface area (Å²) in [7, 11) is 0. The Morgan fingerprint density at radius 2 is 2.00 bits per heavy atom. The Labute approximate surface area is 112 Å². The van der Waals surface area contributed by atoms with Crippen molar-refractivity contribution in [3.8, 4) is 0 Å². The van der Waals surface area contributed by atoms with Crippen LogP contribution in [0.3, 0.4) is 0 Å². The van der Waals surface area contributed by atoms with Gasteiger partial charge in [-0.3, -0.25) is 0 Å². The first-order valence-corrected chi connectivity index (χ1v) is 7.33. The average molecular weight is 245 g/mol. The summed E-state index contributed by atoms with van der Waals surface area (Å²) < 4.78 is 0. The molecule has 0 radical (unpaired) electrons. The first kappa shape index (κ1) is 13.6. The Morgan fingerprint density at radius 1 is 1.22 bits per heavy atom. The molecule has 1 fully saturated rings. The summed E-state index contributed by atoms with van der Waals surface area (Å²) in [6, 6.07) is 9.19. The van der Waals surface area contributed by atoms with Gasteiger partial charge in [0.05, 0.1) is 0 Å². The van der Waals surface area contributed by atoms with Gasteiger partial charge in [-0.2, -0.15) is 0 Å². The van der Waals surface area contributed by atoms with Gasteiger partial charge in [0.2, 0.25) is 0 Å². The highest BCUT2D eigenvalue weighted by molar-refractivity contribution is 5.28. The van der Waals surface area contributed by atoms with E-state index < -0.39 is 0 Å². The van der Waals surface area contributed by atoms with Crippen molar-refractivity contribution in [1.29, 1.82) is 0 Å². The topological polar surface area (TPSA) is 12.0 Å². The molecule has 1 nitrogen and oxygen atoms in total. The van der Waals surface area contributed by atoms with Crippen molar-refractivity contribution in [2.45, 2.75) is 58.4 Å². The molecule has 0 heterocycles. The van der Waals surface area contributed by atoms with Crippen LogP contribution in [-0.2, 0) is 6.42 Å². The van der Waals surface area contributed by atoms with E-state index in [9.17, 15) is 0 Å². The van der Waals surface area contributed by atoms with E-state index in [1.807, 2.05) is 0 Å². The second kappa shape index (κ2) is 5.44. The summed E-state index contributed by atoms with van der Waals surface area (Å²) in [4.78, 5) is 0. The fraction of sp³-hybridized carbons (Fsp3) is 0.647. The fourth-order valence-electron chi connectivity index (χ4n) is 2.73. The van der Waals surface area contributed by atoms with Gasteiger partial charge in [-0.1, -0.05) is 31.2 Å². The largest absolute Gasteiger partial charge is 0.312 e. The van der Waals surface area contributed by atoms with Crippen molar-refractivity contribution in [3.63, 3.8) is 0 Å². The molecule has 2 rings (SSSR count). The Kier molecular flexibility index (Phi) is 4.11. The number of hydrogen-bond acceptors (Lipinski definition) is 1. The minimum absolute atomic E-state index is 0.241. The third kappa shape index (κ3) is 3.35. The lowest BCUT2D eigenvalue weighted by Gasteiger charge is -2.39. The molecule has 1 aliphatic rings. The SMILES string of the molecule is CCc1cccc(C2CCC2CNC(C)(C)C)c1. The Balaban J connectivity index is 1.97. The van der Waals surface area contributed by atoms with Gasteiger partial charge in [0.15, 0.2) is 0 Å². The van der Waals surface area contributed by atoms with Crippen LogP contribution < -0.4 is 5.32 Å². The highest BCUT2D eigenvalue weighted by atomic mass is 14.9. The first-order chi connectivity index (χ1) is 8.49. The van der Waals surface area contributed by atoms with Crippen LogP contribution in [0.1, 0.15) is 57.6 Å². The molecule has 2 atom stereocenters. The normalized spacial score (nSPS) is 23.8. The minimum Gasteiger partial charge on any atom is -0.312 e. The predicted molar refractivity (Wildman–Crippen MR) is 79.0 cm³/mol. The summed E-state index contributed by atoms with van der Waals surface area (Å²) >= 11 is 0. The fourth-order valence-corrected chi connectivity index (χ4v) is 2.73. The van der Waals surface area contributed by atoms with Crippen LogP contribution >= 0.6 is 0 Å². The van der Waals surface area contributed by atoms with Crippen LogP contribution in [0, 0.1) is 5.92 Å². The Hall–Kier alpha value is -0.820. The van der Waals surface area contributed by atoms with Gasteiger partial charge in [0.25, 0.3) is 0 Å². The summed E-state index contributed by atoms with van der Waals surface area (Å²) in [6.45, 7) is 10.1. The highest BCUT2D eigenvalue weighted by Gasteiger charge is 2.32. The maximum atomic E-state index is 3.65. The van der Waals surface area contributed by atoms with E-state index in [2.05, 4.69) is 57.3 Å². The number of benzene rings is 1. The van der Waals surface area contributed by atoms with Crippen LogP contribution in [0.2, 0.25) is 0 Å². The third-order valence-electron chi connectivity index (χ3n) is 4.10. The zero-order valence-electron chi connectivity index (χ0n) is 12.3. The Bertz CT molecular complexity index is 389. The van der Waals surface area contributed by atoms with E-state index in [4.69, 9.17) is 0 Å². The van der Waals surface area contributed by atoms with Crippen molar-refractivity contribution in [3.05, 3.63) is 35.4 Å². The zero-order valence-corrected chi connectivity index (χ0v) is 12.3. The number of aryl methyl sites for hydroxylation is 1. The average Bonchev–Trinajstić information content (AvgIpc) is 2.26. The van der Waals surface area contributed by atoms with E-state index in [-0.39, 0.29) is 5.54 Å². The quantitative estimate of drug-likeness (QED) is 0.841. The molecule has 0 saturated heterocycles. The molecule has 1 heteroatoms. The second-order valence-corrected chi connectivity index (χ2v) is 6.67. The molecule has 1 aliphatic carbocycles. The zero-order chi connectivity index (χ0) is 13.2. The molecule has 0 aromatic heterocycles. The van der Waals surface area contributed by atoms with Crippen molar-refractivity contribution in [2.24, 2.45) is 5.92 Å². The van der Waals surface area contributed by atoms with Gasteiger partial charge in [0.1, 0.15) is 0 Å². The van der Waals surface area contributed by atoms with Crippen LogP contribution in [0.5, 0.6) is 0 Å². The van der Waals surface area contributed by atoms with Crippen molar-refractivity contribution < 1.29 is 0 Å². The lowest BCUT2D eigenvalue weighted by Crippen LogP contribution is -2.42. The molecular weight excluding hydrogens is 218 g/mol. The van der Waals surface area contributed by atoms with Gasteiger partial charge in [-0.05, 0) is 69.5 Å². The molecule has 0 amide bonds. The minimum atomic E-state index is 0.241. The van der Waals surface area contributed by atoms with Gasteiger partial charge >= 0.3 is 0 Å². The highest BCUT2D eigenvalue weighted by Crippen LogP contribution is 2.42. The Morgan fingerprint density at radius 3 is 2.56 bits per heavy atom. The predicted octanol–water partition coefficient (Wildman–Crippen LogP) is 4.13. The molecule has 0 bridgehead atoms. The van der Waals surface area contributed by atoms with Crippen LogP contribution in [-0.4, -0.2) is 12.1 Å². The van der Waals surface area contributed by atoms with Gasteiger partial charge in [0, 0.05) is 5.54 Å². The van der Waals surface area contributed by atoms with E-state index in [0.29, 0.717) is 0 Å². The van der Waals surface area contributed by atoms with Crippen molar-refractivity contribution in [2.75, 3.05) is 6.54 Å². The number of nitrogens with one attached hydrogen (secondary N) is 1. The molecule has 0 aliphatic heterocycles. The lowest BCUT2D eigenvalue weighted by atomic mass is 9.69. The van der Waals surface area contributed by atoms with Crippen LogP contribution in [0.15, 0.2) is 24.3 Å². The van der Waals surface area contributed by atoms with Gasteiger partial charge < -0.3 is 5.32 Å². The first-order valence-electron chi connectivity index (χ1n) is 7.33. The standard InChI is InChI=1S/C17H27N/c1-5-13-7-6-8-14(11-13)16-10-9-15(16)12-18-17(2,3)4/h6-8,11,15-16,18H,5,9-10,12H2,1-4H3. The molecule has 1 aromatic carbocycles. The van der Waals surface area contributed by atoms with Crippen molar-refractivity contribution >= 4 is 0 Å². The third-order valence-corrected chi connectivity index (χ3v) is 4.10. The smallest absolute Gasteiger partial charge is 0.00966 e. The number of hydrogen-bond donors (Lipinski definition) is 1. The summed E-state index contributed by atoms with van der Waals surface area (Å²) in [5, 5.41) is 3.65. The molecule has 1 N–H and O–H groups in total. The van der Waals surface area contributed by atoms with Gasteiger partial charge in [-0.15, -0.1) is 0 Å². The van der Waals surface area contributed by atoms with E-state index in [1.54, 1.807) is 5.56 Å². The van der Waals surface area contributed by atoms with E-state index in [1.165, 1.54) is 18.4 Å². The maximum absolute atomic E-state index is 3.65. The molecule has 0 spiro atoms. The van der Waals surface area contributed by atoms with E-state index >= 15 is 0 Å². The van der Waals surface area contributed by atoms with E-state index in [0.717, 1.165) is 24.8 Å². The lowest BCUT2D eigenvalue weighted by molar-refractivity contribution is 0.225. The summed E-state index contributed by atoms with van der Waals surface area (Å²) in [6.07, 6.45) is 3.89. The molecule has 100 valence electrons. The van der Waals surface area contributed by atoms with Gasteiger partial charge in [-0.25, -0.2) is 0 Å². The van der Waals surface area contributed by atoms with Crippen LogP contribution in [0.25, 0.3) is 0 Å². The monoisotopic (exact) mass is 245 g/mol. The molecule has 1 aromatic rings.